The van der Waals surface area contributed by atoms with Gasteiger partial charge in [-0.2, -0.15) is 0 Å². The van der Waals surface area contributed by atoms with E-state index in [0.29, 0.717) is 25.6 Å². The summed E-state index contributed by atoms with van der Waals surface area (Å²) >= 11 is 0. The van der Waals surface area contributed by atoms with Crippen LogP contribution in [0.2, 0.25) is 0 Å². The highest BCUT2D eigenvalue weighted by Crippen LogP contribution is 2.49. The molecule has 0 aromatic heterocycles. The molecule has 0 aromatic rings. The van der Waals surface area contributed by atoms with Crippen LogP contribution in [0.5, 0.6) is 0 Å². The number of hydrogen-bond donors (Lipinski definition) is 1. The van der Waals surface area contributed by atoms with Crippen molar-refractivity contribution in [1.29, 1.82) is 0 Å². The Morgan fingerprint density at radius 3 is 1.83 bits per heavy atom. The van der Waals surface area contributed by atoms with Gasteiger partial charge in [-0.3, -0.25) is 0 Å². The van der Waals surface area contributed by atoms with E-state index in [0.717, 1.165) is 19.4 Å². The summed E-state index contributed by atoms with van der Waals surface area (Å²) in [5, 5.41) is 9.60. The van der Waals surface area contributed by atoms with Gasteiger partial charge >= 0.3 is 0 Å². The molecule has 0 aliphatic heterocycles. The molecule has 0 aliphatic rings. The second kappa shape index (κ2) is 11.7. The molecule has 6 atom stereocenters. The smallest absolute Gasteiger partial charge is 0.0841 e. The molecular formula is C24H52O4P2. The lowest BCUT2D eigenvalue weighted by molar-refractivity contribution is -0.148. The summed E-state index contributed by atoms with van der Waals surface area (Å²) in [7, 11) is 5.61. The van der Waals surface area contributed by atoms with Crippen molar-refractivity contribution < 1.29 is 19.3 Å². The van der Waals surface area contributed by atoms with E-state index >= 15 is 0 Å². The van der Waals surface area contributed by atoms with Gasteiger partial charge in [-0.1, -0.05) is 34.6 Å². The van der Waals surface area contributed by atoms with Crippen LogP contribution in [0.25, 0.3) is 0 Å². The van der Waals surface area contributed by atoms with Crippen molar-refractivity contribution >= 4 is 18.5 Å². The van der Waals surface area contributed by atoms with Crippen LogP contribution in [0.1, 0.15) is 95.4 Å². The van der Waals surface area contributed by atoms with Crippen LogP contribution in [0.3, 0.4) is 0 Å². The maximum absolute atomic E-state index is 10.0. The molecule has 0 rings (SSSR count). The first-order chi connectivity index (χ1) is 13.3. The van der Waals surface area contributed by atoms with E-state index in [1.54, 1.807) is 0 Å². The quantitative estimate of drug-likeness (QED) is 0.290. The van der Waals surface area contributed by atoms with Gasteiger partial charge in [0.1, 0.15) is 0 Å². The fraction of sp³-hybridized carbons (Fsp3) is 1.00. The molecule has 4 nitrogen and oxygen atoms in total. The first-order valence-corrected chi connectivity index (χ1v) is 12.7. The maximum Gasteiger partial charge on any atom is 0.0841 e. The molecule has 0 saturated carbocycles. The Bertz CT molecular complexity index is 498. The van der Waals surface area contributed by atoms with Crippen molar-refractivity contribution in [3.05, 3.63) is 0 Å². The van der Waals surface area contributed by atoms with Crippen molar-refractivity contribution in [2.75, 3.05) is 19.8 Å². The van der Waals surface area contributed by atoms with Crippen molar-refractivity contribution in [3.8, 4) is 0 Å². The number of aliphatic hydroxyl groups is 1. The summed E-state index contributed by atoms with van der Waals surface area (Å²) in [4.78, 5) is 0. The van der Waals surface area contributed by atoms with Gasteiger partial charge in [-0.25, -0.2) is 0 Å². The Labute approximate surface area is 192 Å². The third kappa shape index (κ3) is 9.29. The lowest BCUT2D eigenvalue weighted by Gasteiger charge is -2.49. The zero-order chi connectivity index (χ0) is 24.0. The van der Waals surface area contributed by atoms with Gasteiger partial charge < -0.3 is 19.3 Å². The Balaban J connectivity index is 5.08. The number of rotatable bonds is 15. The molecule has 0 radical (unpaired) electrons. The summed E-state index contributed by atoms with van der Waals surface area (Å²) in [6.07, 6.45) is 2.53. The monoisotopic (exact) mass is 466 g/mol. The van der Waals surface area contributed by atoms with Crippen LogP contribution in [-0.2, 0) is 14.2 Å². The van der Waals surface area contributed by atoms with Gasteiger partial charge in [0.2, 0.25) is 0 Å². The SMILES string of the molecule is CCC(C)(C(C)COC(C)(C)C(C)(C)CCOC(C)P)C(C)(P)OCCC(C)(C)O. The minimum absolute atomic E-state index is 0.0115. The van der Waals surface area contributed by atoms with E-state index in [4.69, 9.17) is 14.2 Å². The molecule has 0 spiro atoms. The standard InChI is InChI=1S/C24H52O4P2/c1-12-23(10,24(11,30)27-16-14-21(6,7)25)18(2)17-28-22(8,9)20(4,5)13-15-26-19(3)29/h18-19,25H,12-17,29-30H2,1-11H3. The highest BCUT2D eigenvalue weighted by atomic mass is 31.0. The Hall–Kier alpha value is 0.700. The summed E-state index contributed by atoms with van der Waals surface area (Å²) in [5.41, 5.74) is -1.09. The van der Waals surface area contributed by atoms with Gasteiger partial charge in [0, 0.05) is 12.0 Å². The lowest BCUT2D eigenvalue weighted by atomic mass is 9.71. The second-order valence-electron chi connectivity index (χ2n) is 11.2. The molecule has 30 heavy (non-hydrogen) atoms. The molecule has 0 aliphatic carbocycles. The van der Waals surface area contributed by atoms with Crippen LogP contribution >= 0.6 is 18.5 Å². The molecule has 0 bridgehead atoms. The highest BCUT2D eigenvalue weighted by Gasteiger charge is 2.46. The van der Waals surface area contributed by atoms with Crippen molar-refractivity contribution in [3.63, 3.8) is 0 Å². The van der Waals surface area contributed by atoms with E-state index in [2.05, 4.69) is 73.9 Å². The van der Waals surface area contributed by atoms with E-state index < -0.39 is 10.9 Å². The van der Waals surface area contributed by atoms with E-state index in [9.17, 15) is 5.11 Å². The van der Waals surface area contributed by atoms with E-state index in [-0.39, 0.29) is 22.3 Å². The second-order valence-corrected chi connectivity index (χ2v) is 13.3. The predicted octanol–water partition coefficient (Wildman–Crippen LogP) is 6.26. The molecule has 182 valence electrons. The van der Waals surface area contributed by atoms with Crippen LogP contribution in [-0.4, -0.2) is 47.3 Å². The van der Waals surface area contributed by atoms with Gasteiger partial charge in [-0.05, 0) is 72.1 Å². The van der Waals surface area contributed by atoms with Gasteiger partial charge in [0.25, 0.3) is 0 Å². The summed E-state index contributed by atoms with van der Waals surface area (Å²) < 4.78 is 18.6. The third-order valence-electron chi connectivity index (χ3n) is 7.50. The average molecular weight is 467 g/mol. The van der Waals surface area contributed by atoms with Gasteiger partial charge in [0.05, 0.1) is 35.6 Å². The minimum Gasteiger partial charge on any atom is -0.390 e. The highest BCUT2D eigenvalue weighted by molar-refractivity contribution is 7.18. The molecule has 0 saturated heterocycles. The molecule has 0 heterocycles. The van der Waals surface area contributed by atoms with Crippen LogP contribution in [0, 0.1) is 16.7 Å². The Morgan fingerprint density at radius 2 is 1.40 bits per heavy atom. The molecule has 6 heteroatoms. The Morgan fingerprint density at radius 1 is 0.867 bits per heavy atom. The lowest BCUT2D eigenvalue weighted by Crippen LogP contribution is -2.49. The van der Waals surface area contributed by atoms with Crippen LogP contribution in [0.4, 0.5) is 0 Å². The first-order valence-electron chi connectivity index (χ1n) is 11.5. The fourth-order valence-corrected chi connectivity index (χ4v) is 4.12. The summed E-state index contributed by atoms with van der Waals surface area (Å²) in [6, 6.07) is 0. The maximum atomic E-state index is 10.0. The molecule has 1 N–H and O–H groups in total. The minimum atomic E-state index is -0.717. The average Bonchev–Trinajstić information content (AvgIpc) is 2.56. The largest absolute Gasteiger partial charge is 0.390 e. The summed E-state index contributed by atoms with van der Waals surface area (Å²) in [5.74, 6) is 0.469. The normalized spacial score (nSPS) is 19.8. The molecular weight excluding hydrogens is 414 g/mol. The zero-order valence-electron chi connectivity index (χ0n) is 21.7. The first kappa shape index (κ1) is 30.7. The summed E-state index contributed by atoms with van der Waals surface area (Å²) in [6.45, 7) is 25.4. The topological polar surface area (TPSA) is 47.9 Å². The molecule has 0 amide bonds. The van der Waals surface area contributed by atoms with Crippen molar-refractivity contribution in [1.82, 2.24) is 0 Å². The van der Waals surface area contributed by atoms with Crippen LogP contribution < -0.4 is 0 Å². The molecule has 6 unspecified atom stereocenters. The van der Waals surface area contributed by atoms with Gasteiger partial charge in [-0.15, -0.1) is 18.5 Å². The van der Waals surface area contributed by atoms with Crippen LogP contribution in [0.15, 0.2) is 0 Å². The van der Waals surface area contributed by atoms with E-state index in [1.165, 1.54) is 0 Å². The molecule has 0 aromatic carbocycles. The van der Waals surface area contributed by atoms with E-state index in [1.807, 2.05) is 20.8 Å². The number of ether oxygens (including phenoxy) is 3. The van der Waals surface area contributed by atoms with Gasteiger partial charge in [0.15, 0.2) is 0 Å². The Kier molecular flexibility index (Phi) is 12.0. The van der Waals surface area contributed by atoms with Crippen molar-refractivity contribution in [2.24, 2.45) is 16.7 Å². The predicted molar refractivity (Wildman–Crippen MR) is 136 cm³/mol. The molecule has 0 fully saturated rings. The fourth-order valence-electron chi connectivity index (χ4n) is 3.38. The number of hydrogen-bond acceptors (Lipinski definition) is 4. The van der Waals surface area contributed by atoms with Crippen molar-refractivity contribution in [2.45, 2.75) is 118 Å². The third-order valence-corrected chi connectivity index (χ3v) is 8.52. The zero-order valence-corrected chi connectivity index (χ0v) is 24.0.